The zero-order valence-corrected chi connectivity index (χ0v) is 43.1. The van der Waals surface area contributed by atoms with Crippen LogP contribution in [0, 0.1) is 5.92 Å². The summed E-state index contributed by atoms with van der Waals surface area (Å²) in [7, 11) is 0. The number of carbonyl (C=O) groups is 3. The van der Waals surface area contributed by atoms with E-state index in [0.717, 1.165) is 8.97 Å². The summed E-state index contributed by atoms with van der Waals surface area (Å²) in [5.41, 5.74) is 0. The van der Waals surface area contributed by atoms with Gasteiger partial charge in [0.15, 0.2) is 0 Å². The van der Waals surface area contributed by atoms with Gasteiger partial charge in [0.05, 0.1) is 73.1 Å². The zero-order valence-electron chi connectivity index (χ0n) is 43.1. The van der Waals surface area contributed by atoms with Gasteiger partial charge in [0.25, 0.3) is 0 Å². The van der Waals surface area contributed by atoms with Crippen LogP contribution in [0.25, 0.3) is 0 Å². The van der Waals surface area contributed by atoms with E-state index in [4.69, 9.17) is 0 Å². The Hall–Kier alpha value is -1.11. The number of hydrogen-bond acceptors (Lipinski definition) is 3. The highest BCUT2D eigenvalue weighted by Crippen LogP contribution is 2.50. The zero-order chi connectivity index (χ0) is 45.2. The SMILES string of the molecule is O=C(CC(CC(=O)[N+](C1CCCCC1)(C1CCCCC1)C1CCCCC1)C(=O)[N+](C1CCCCC1)(C1CCCCC1)C1CCCCC1)[N+](C1CCCCC1)(C1CCCCC1)C1CCCCC1. The molecule has 0 aromatic rings. The number of nitrogens with zero attached hydrogens (tertiary/aromatic N) is 3. The van der Waals surface area contributed by atoms with Crippen molar-refractivity contribution in [3.63, 3.8) is 0 Å². The molecule has 0 unspecified atom stereocenters. The molecule has 9 rings (SSSR count). The number of quaternary nitrogens is 3. The minimum Gasteiger partial charge on any atom is -0.253 e. The van der Waals surface area contributed by atoms with Crippen LogP contribution in [-0.4, -0.2) is 85.5 Å². The molecule has 9 aliphatic carbocycles. The average molecular weight is 916 g/mol. The van der Waals surface area contributed by atoms with Gasteiger partial charge in [-0.25, -0.2) is 14.4 Å². The first-order valence-electron chi connectivity index (χ1n) is 30.8. The maximum Gasteiger partial charge on any atom is 0.318 e. The lowest BCUT2D eigenvalue weighted by molar-refractivity contribution is -0.936. The van der Waals surface area contributed by atoms with Crippen LogP contribution in [0.4, 0.5) is 0 Å². The topological polar surface area (TPSA) is 51.2 Å². The number of hydrogen-bond donors (Lipinski definition) is 0. The highest BCUT2D eigenvalue weighted by Gasteiger charge is 2.63. The van der Waals surface area contributed by atoms with Gasteiger partial charge < -0.3 is 0 Å². The second-order valence-electron chi connectivity index (χ2n) is 25.4. The van der Waals surface area contributed by atoms with E-state index in [2.05, 4.69) is 0 Å². The van der Waals surface area contributed by atoms with Crippen molar-refractivity contribution in [1.29, 1.82) is 0 Å². The summed E-state index contributed by atoms with van der Waals surface area (Å²) in [6.07, 6.45) is 56.3. The third-order valence-corrected chi connectivity index (χ3v) is 22.0. The van der Waals surface area contributed by atoms with Crippen molar-refractivity contribution in [2.45, 2.75) is 356 Å². The van der Waals surface area contributed by atoms with E-state index in [-0.39, 0.29) is 0 Å². The lowest BCUT2D eigenvalue weighted by atomic mass is 9.76. The first kappa shape index (κ1) is 49.9. The van der Waals surface area contributed by atoms with Crippen LogP contribution in [0.3, 0.4) is 0 Å². The maximum atomic E-state index is 17.5. The Balaban J connectivity index is 1.20. The molecule has 0 aliphatic heterocycles. The predicted molar refractivity (Wildman–Crippen MR) is 270 cm³/mol. The summed E-state index contributed by atoms with van der Waals surface area (Å²) in [6, 6.07) is 3.52. The van der Waals surface area contributed by atoms with E-state index in [9.17, 15) is 0 Å². The van der Waals surface area contributed by atoms with Crippen LogP contribution < -0.4 is 0 Å². The van der Waals surface area contributed by atoms with E-state index in [1.54, 1.807) is 0 Å². The van der Waals surface area contributed by atoms with Gasteiger partial charge in [-0.1, -0.05) is 57.8 Å². The lowest BCUT2D eigenvalue weighted by Crippen LogP contribution is -2.74. The number of carbonyl (C=O) groups excluding carboxylic acids is 3. The van der Waals surface area contributed by atoms with Crippen LogP contribution in [0.1, 0.15) is 302 Å². The van der Waals surface area contributed by atoms with Crippen LogP contribution >= 0.6 is 0 Å². The number of rotatable bonds is 14. The minimum atomic E-state index is -0.475. The highest BCUT2D eigenvalue weighted by molar-refractivity contribution is 5.85. The summed E-state index contributed by atoms with van der Waals surface area (Å²) in [4.78, 5) is 51.4. The maximum absolute atomic E-state index is 17.5. The summed E-state index contributed by atoms with van der Waals surface area (Å²) in [5.74, 6) is 0.904. The molecule has 0 atom stereocenters. The monoisotopic (exact) mass is 915 g/mol. The molecule has 0 heterocycles. The molecular weight excluding hydrogens is 811 g/mol. The first-order valence-corrected chi connectivity index (χ1v) is 30.8. The second kappa shape index (κ2) is 23.9. The molecule has 374 valence electrons. The van der Waals surface area contributed by atoms with Crippen molar-refractivity contribution in [2.24, 2.45) is 5.92 Å². The lowest BCUT2D eigenvalue weighted by Gasteiger charge is -2.58. The fraction of sp³-hybridized carbons (Fsp3) is 0.950. The molecule has 66 heavy (non-hydrogen) atoms. The molecule has 0 bridgehead atoms. The molecular formula is C60H104N3O3+3. The number of amides is 3. The molecule has 9 aliphatic rings. The molecule has 0 spiro atoms. The fourth-order valence-corrected chi connectivity index (χ4v) is 19.3. The van der Waals surface area contributed by atoms with Crippen molar-refractivity contribution < 1.29 is 27.8 Å². The minimum absolute atomic E-state index is 0.361. The molecule has 9 saturated carbocycles. The van der Waals surface area contributed by atoms with Gasteiger partial charge in [-0.15, -0.1) is 0 Å². The van der Waals surface area contributed by atoms with Crippen molar-refractivity contribution in [3.05, 3.63) is 0 Å². The van der Waals surface area contributed by atoms with E-state index in [1.165, 1.54) is 289 Å². The Bertz CT molecular complexity index is 1290. The van der Waals surface area contributed by atoms with Gasteiger partial charge in [-0.05, 0) is 231 Å². The van der Waals surface area contributed by atoms with Crippen LogP contribution in [0.5, 0.6) is 0 Å². The summed E-state index contributed by atoms with van der Waals surface area (Å²) < 4.78 is 2.14. The standard InChI is InChI=1S/C60H104N3O3/c64-58(61(49-28-10-1-11-29-49,50-30-12-2-13-31-50)51-32-14-3-15-33-51)46-48(60(66)63(55-40-22-7-23-41-55,56-42-24-8-25-43-56)57-44-26-9-27-45-57)47-59(65)62(52-34-16-4-17-35-52,53-36-18-5-19-37-53)54-38-20-6-21-39-54/h48-57H,1-47H2/q+3. The highest BCUT2D eigenvalue weighted by atomic mass is 16.2. The van der Waals surface area contributed by atoms with E-state index < -0.39 is 5.92 Å². The fourth-order valence-electron chi connectivity index (χ4n) is 19.3. The van der Waals surface area contributed by atoms with Gasteiger partial charge >= 0.3 is 17.7 Å². The molecule has 0 saturated heterocycles. The van der Waals surface area contributed by atoms with Crippen molar-refractivity contribution in [3.8, 4) is 0 Å². The normalized spacial score (nSPS) is 27.6. The molecule has 0 N–H and O–H groups in total. The van der Waals surface area contributed by atoms with Gasteiger partial charge in [0.1, 0.15) is 0 Å². The molecule has 0 aromatic carbocycles. The van der Waals surface area contributed by atoms with Crippen molar-refractivity contribution >= 4 is 17.7 Å². The third-order valence-electron chi connectivity index (χ3n) is 22.0. The average Bonchev–Trinajstić information content (AvgIpc) is 3.40. The van der Waals surface area contributed by atoms with E-state index >= 15 is 14.4 Å². The van der Waals surface area contributed by atoms with E-state index in [0.29, 0.717) is 89.4 Å². The van der Waals surface area contributed by atoms with Gasteiger partial charge in [-0.3, -0.25) is 13.4 Å². The van der Waals surface area contributed by atoms with E-state index in [1.807, 2.05) is 0 Å². The largest absolute Gasteiger partial charge is 0.318 e. The van der Waals surface area contributed by atoms with Gasteiger partial charge in [0.2, 0.25) is 0 Å². The van der Waals surface area contributed by atoms with Crippen LogP contribution in [0.2, 0.25) is 0 Å². The Labute approximate surface area is 406 Å². The van der Waals surface area contributed by atoms with Gasteiger partial charge in [0, 0.05) is 0 Å². The summed E-state index contributed by atoms with van der Waals surface area (Å²) in [5, 5.41) is 0. The van der Waals surface area contributed by atoms with Gasteiger partial charge in [-0.2, -0.15) is 0 Å². The summed E-state index contributed by atoms with van der Waals surface area (Å²) >= 11 is 0. The third kappa shape index (κ3) is 10.0. The molecule has 6 heteroatoms. The Morgan fingerprint density at radius 2 is 0.394 bits per heavy atom. The Kier molecular flexibility index (Phi) is 18.0. The van der Waals surface area contributed by atoms with Crippen LogP contribution in [0.15, 0.2) is 0 Å². The summed E-state index contributed by atoms with van der Waals surface area (Å²) in [6.45, 7) is 0. The Morgan fingerprint density at radius 1 is 0.242 bits per heavy atom. The predicted octanol–water partition coefficient (Wildman–Crippen LogP) is 15.4. The quantitative estimate of drug-likeness (QED) is 0.163. The smallest absolute Gasteiger partial charge is 0.253 e. The van der Waals surface area contributed by atoms with Crippen LogP contribution in [-0.2, 0) is 14.4 Å². The Morgan fingerprint density at radius 3 is 0.561 bits per heavy atom. The van der Waals surface area contributed by atoms with Crippen molar-refractivity contribution in [2.75, 3.05) is 0 Å². The first-order chi connectivity index (χ1) is 32.5. The van der Waals surface area contributed by atoms with Crippen molar-refractivity contribution in [1.82, 2.24) is 0 Å². The molecule has 0 radical (unpaired) electrons. The molecule has 3 amide bonds. The molecule has 9 fully saturated rings. The molecule has 6 nitrogen and oxygen atoms in total. The molecule has 0 aromatic heterocycles. The second-order valence-corrected chi connectivity index (χ2v) is 25.4.